The maximum Gasteiger partial charge on any atom is 0.339 e. The molecule has 3 nitrogen and oxygen atoms in total. The lowest BCUT2D eigenvalue weighted by Crippen LogP contribution is -2.08. The van der Waals surface area contributed by atoms with E-state index in [1.807, 2.05) is 12.1 Å². The summed E-state index contributed by atoms with van der Waals surface area (Å²) in [7, 11) is 1.39. The molecule has 16 heavy (non-hydrogen) atoms. The van der Waals surface area contributed by atoms with Crippen molar-refractivity contribution in [1.82, 2.24) is 4.98 Å². The van der Waals surface area contributed by atoms with Crippen LogP contribution in [0.3, 0.4) is 0 Å². The fourth-order valence-electron chi connectivity index (χ4n) is 2.28. The molecule has 0 aromatic carbocycles. The van der Waals surface area contributed by atoms with Gasteiger partial charge in [0.25, 0.3) is 0 Å². The molecule has 1 fully saturated rings. The van der Waals surface area contributed by atoms with Crippen LogP contribution >= 0.6 is 0 Å². The Balaban J connectivity index is 2.09. The maximum atomic E-state index is 11.2. The van der Waals surface area contributed by atoms with Crippen molar-refractivity contribution in [1.29, 1.82) is 0 Å². The van der Waals surface area contributed by atoms with Crippen molar-refractivity contribution in [2.24, 2.45) is 0 Å². The standard InChI is InChI=1S/C13H17NO2/c1-16-13(15)11-7-8-12(14-9-11)10-5-3-2-4-6-10/h7-10H,2-6H2,1H3. The van der Waals surface area contributed by atoms with E-state index in [-0.39, 0.29) is 5.97 Å². The molecule has 0 bridgehead atoms. The monoisotopic (exact) mass is 219 g/mol. The highest BCUT2D eigenvalue weighted by Gasteiger charge is 2.17. The molecule has 0 spiro atoms. The summed E-state index contributed by atoms with van der Waals surface area (Å²) in [6, 6.07) is 3.77. The minimum absolute atomic E-state index is 0.317. The van der Waals surface area contributed by atoms with Gasteiger partial charge in [-0.15, -0.1) is 0 Å². The molecular formula is C13H17NO2. The number of esters is 1. The first-order valence-electron chi connectivity index (χ1n) is 5.85. The van der Waals surface area contributed by atoms with Gasteiger partial charge in [0.05, 0.1) is 12.7 Å². The van der Waals surface area contributed by atoms with E-state index >= 15 is 0 Å². The van der Waals surface area contributed by atoms with E-state index < -0.39 is 0 Å². The lowest BCUT2D eigenvalue weighted by atomic mass is 9.86. The second-order valence-electron chi connectivity index (χ2n) is 4.30. The second kappa shape index (κ2) is 5.10. The van der Waals surface area contributed by atoms with Crippen LogP contribution in [0.15, 0.2) is 18.3 Å². The van der Waals surface area contributed by atoms with Crippen LogP contribution < -0.4 is 0 Å². The maximum absolute atomic E-state index is 11.2. The normalized spacial score (nSPS) is 17.1. The summed E-state index contributed by atoms with van der Waals surface area (Å²) in [6.45, 7) is 0. The number of hydrogen-bond acceptors (Lipinski definition) is 3. The number of carbonyl (C=O) groups excluding carboxylic acids is 1. The van der Waals surface area contributed by atoms with Gasteiger partial charge in [-0.05, 0) is 25.0 Å². The van der Waals surface area contributed by atoms with Crippen LogP contribution in [0.1, 0.15) is 54.1 Å². The van der Waals surface area contributed by atoms with E-state index in [0.29, 0.717) is 11.5 Å². The number of carbonyl (C=O) groups is 1. The number of rotatable bonds is 2. The molecule has 1 aromatic heterocycles. The lowest BCUT2D eigenvalue weighted by Gasteiger charge is -2.20. The topological polar surface area (TPSA) is 39.2 Å². The van der Waals surface area contributed by atoms with Crippen LogP contribution in [0, 0.1) is 0 Å². The third-order valence-electron chi connectivity index (χ3n) is 3.23. The number of aromatic nitrogens is 1. The lowest BCUT2D eigenvalue weighted by molar-refractivity contribution is 0.0600. The van der Waals surface area contributed by atoms with E-state index in [4.69, 9.17) is 0 Å². The fraction of sp³-hybridized carbons (Fsp3) is 0.538. The SMILES string of the molecule is COC(=O)c1ccc(C2CCCCC2)nc1. The Morgan fingerprint density at radius 2 is 2.06 bits per heavy atom. The molecule has 0 radical (unpaired) electrons. The van der Waals surface area contributed by atoms with E-state index in [9.17, 15) is 4.79 Å². The predicted octanol–water partition coefficient (Wildman–Crippen LogP) is 2.92. The molecule has 1 aliphatic carbocycles. The highest BCUT2D eigenvalue weighted by Crippen LogP contribution is 2.31. The van der Waals surface area contributed by atoms with Gasteiger partial charge in [0.2, 0.25) is 0 Å². The van der Waals surface area contributed by atoms with Crippen LogP contribution in [0.2, 0.25) is 0 Å². The minimum atomic E-state index is -0.317. The van der Waals surface area contributed by atoms with Crippen LogP contribution in [-0.2, 0) is 4.74 Å². The molecule has 1 saturated carbocycles. The third kappa shape index (κ3) is 2.40. The van der Waals surface area contributed by atoms with Crippen LogP contribution in [0.5, 0.6) is 0 Å². The molecule has 0 aliphatic heterocycles. The van der Waals surface area contributed by atoms with Crippen molar-refractivity contribution in [2.45, 2.75) is 38.0 Å². The number of hydrogen-bond donors (Lipinski definition) is 0. The summed E-state index contributed by atoms with van der Waals surface area (Å²) in [5.41, 5.74) is 1.65. The molecular weight excluding hydrogens is 202 g/mol. The molecule has 86 valence electrons. The van der Waals surface area contributed by atoms with Crippen molar-refractivity contribution in [3.05, 3.63) is 29.6 Å². The zero-order valence-corrected chi connectivity index (χ0v) is 9.61. The Morgan fingerprint density at radius 3 is 2.62 bits per heavy atom. The average molecular weight is 219 g/mol. The summed E-state index contributed by atoms with van der Waals surface area (Å²) in [6.07, 6.45) is 8.01. The molecule has 2 rings (SSSR count). The molecule has 3 heteroatoms. The zero-order valence-electron chi connectivity index (χ0n) is 9.61. The number of ether oxygens (including phenoxy) is 1. The first-order valence-corrected chi connectivity index (χ1v) is 5.85. The molecule has 1 aromatic rings. The Kier molecular flexibility index (Phi) is 3.54. The van der Waals surface area contributed by atoms with E-state index in [1.54, 1.807) is 6.20 Å². The molecule has 1 aliphatic rings. The van der Waals surface area contributed by atoms with E-state index in [1.165, 1.54) is 39.2 Å². The summed E-state index contributed by atoms with van der Waals surface area (Å²) in [5, 5.41) is 0. The Morgan fingerprint density at radius 1 is 1.31 bits per heavy atom. The molecule has 0 amide bonds. The second-order valence-corrected chi connectivity index (χ2v) is 4.30. The van der Waals surface area contributed by atoms with Gasteiger partial charge in [-0.25, -0.2) is 4.79 Å². The van der Waals surface area contributed by atoms with E-state index in [0.717, 1.165) is 5.69 Å². The fourth-order valence-corrected chi connectivity index (χ4v) is 2.28. The minimum Gasteiger partial charge on any atom is -0.465 e. The van der Waals surface area contributed by atoms with Gasteiger partial charge in [0, 0.05) is 17.8 Å². The Hall–Kier alpha value is -1.38. The van der Waals surface area contributed by atoms with Gasteiger partial charge < -0.3 is 4.74 Å². The number of pyridine rings is 1. The quantitative estimate of drug-likeness (QED) is 0.718. The zero-order chi connectivity index (χ0) is 11.4. The van der Waals surface area contributed by atoms with Crippen LogP contribution in [0.4, 0.5) is 0 Å². The van der Waals surface area contributed by atoms with Gasteiger partial charge in [0.15, 0.2) is 0 Å². The van der Waals surface area contributed by atoms with Crippen molar-refractivity contribution in [3.63, 3.8) is 0 Å². The van der Waals surface area contributed by atoms with Crippen molar-refractivity contribution >= 4 is 5.97 Å². The molecule has 0 atom stereocenters. The predicted molar refractivity (Wildman–Crippen MR) is 61.4 cm³/mol. The first-order chi connectivity index (χ1) is 7.81. The Bertz CT molecular complexity index is 353. The van der Waals surface area contributed by atoms with Crippen LogP contribution in [-0.4, -0.2) is 18.1 Å². The largest absolute Gasteiger partial charge is 0.465 e. The molecule has 0 N–H and O–H groups in total. The van der Waals surface area contributed by atoms with Gasteiger partial charge >= 0.3 is 5.97 Å². The van der Waals surface area contributed by atoms with Gasteiger partial charge in [-0.1, -0.05) is 19.3 Å². The Labute approximate surface area is 95.8 Å². The number of nitrogens with zero attached hydrogens (tertiary/aromatic N) is 1. The van der Waals surface area contributed by atoms with Gasteiger partial charge in [0.1, 0.15) is 0 Å². The van der Waals surface area contributed by atoms with Crippen molar-refractivity contribution in [2.75, 3.05) is 7.11 Å². The van der Waals surface area contributed by atoms with Crippen molar-refractivity contribution < 1.29 is 9.53 Å². The van der Waals surface area contributed by atoms with E-state index in [2.05, 4.69) is 9.72 Å². The average Bonchev–Trinajstić information content (AvgIpc) is 2.39. The highest BCUT2D eigenvalue weighted by atomic mass is 16.5. The molecule has 0 saturated heterocycles. The first kappa shape index (κ1) is 11.1. The summed E-state index contributed by atoms with van der Waals surface area (Å²) in [5.74, 6) is 0.267. The third-order valence-corrected chi connectivity index (χ3v) is 3.23. The summed E-state index contributed by atoms with van der Waals surface area (Å²) < 4.78 is 4.64. The van der Waals surface area contributed by atoms with Gasteiger partial charge in [-0.2, -0.15) is 0 Å². The summed E-state index contributed by atoms with van der Waals surface area (Å²) >= 11 is 0. The highest BCUT2D eigenvalue weighted by molar-refractivity contribution is 5.88. The number of methoxy groups -OCH3 is 1. The smallest absolute Gasteiger partial charge is 0.339 e. The summed E-state index contributed by atoms with van der Waals surface area (Å²) in [4.78, 5) is 15.6. The van der Waals surface area contributed by atoms with Crippen LogP contribution in [0.25, 0.3) is 0 Å². The molecule has 1 heterocycles. The molecule has 0 unspecified atom stereocenters. The van der Waals surface area contributed by atoms with Gasteiger partial charge in [-0.3, -0.25) is 4.98 Å². The van der Waals surface area contributed by atoms with Crippen molar-refractivity contribution in [3.8, 4) is 0 Å².